The lowest BCUT2D eigenvalue weighted by atomic mass is 9.69. The first-order valence-electron chi connectivity index (χ1n) is 5.27. The van der Waals surface area contributed by atoms with Gasteiger partial charge in [-0.3, -0.25) is 4.79 Å². The molecule has 0 heterocycles. The minimum absolute atomic E-state index is 0. The van der Waals surface area contributed by atoms with Crippen molar-refractivity contribution in [3.63, 3.8) is 0 Å². The van der Waals surface area contributed by atoms with Crippen LogP contribution in [0.4, 0.5) is 0 Å². The Hall–Kier alpha value is 0.160. The van der Waals surface area contributed by atoms with E-state index < -0.39 is 0 Å². The fourth-order valence-corrected chi connectivity index (χ4v) is 2.29. The van der Waals surface area contributed by atoms with Gasteiger partial charge in [-0.25, -0.2) is 0 Å². The molecule has 0 saturated heterocycles. The number of nitrogens with zero attached hydrogens (tertiary/aromatic N) is 1. The molecule has 0 aromatic rings. The van der Waals surface area contributed by atoms with Crippen molar-refractivity contribution in [3.05, 3.63) is 0 Å². The molecule has 0 aromatic carbocycles. The molecule has 0 aliphatic heterocycles. The first-order valence-corrected chi connectivity index (χ1v) is 5.27. The van der Waals surface area contributed by atoms with Gasteiger partial charge in [-0.1, -0.05) is 6.42 Å². The third-order valence-electron chi connectivity index (χ3n) is 2.81. The van der Waals surface area contributed by atoms with Gasteiger partial charge in [0.05, 0.1) is 33.1 Å². The highest BCUT2D eigenvalue weighted by atomic mass is 127. The molecule has 15 heavy (non-hydrogen) atoms. The first kappa shape index (κ1) is 15.2. The van der Waals surface area contributed by atoms with Gasteiger partial charge in [0.1, 0.15) is 6.61 Å². The minimum Gasteiger partial charge on any atom is -1.00 e. The summed E-state index contributed by atoms with van der Waals surface area (Å²) < 4.78 is 6.09. The Morgan fingerprint density at radius 3 is 2.13 bits per heavy atom. The Morgan fingerprint density at radius 1 is 1.33 bits per heavy atom. The van der Waals surface area contributed by atoms with E-state index in [1.165, 1.54) is 26.2 Å². The maximum absolute atomic E-state index is 10.8. The molecule has 0 atom stereocenters. The van der Waals surface area contributed by atoms with Gasteiger partial charge < -0.3 is 33.2 Å². The van der Waals surface area contributed by atoms with E-state index >= 15 is 0 Å². The number of carbonyl (C=O) groups is 1. The summed E-state index contributed by atoms with van der Waals surface area (Å²) in [5.74, 6) is -0.155. The summed E-state index contributed by atoms with van der Waals surface area (Å²) >= 11 is 0. The number of hydrogen-bond donors (Lipinski definition) is 0. The number of esters is 1. The molecule has 0 aromatic heterocycles. The molecule has 0 radical (unpaired) electrons. The van der Waals surface area contributed by atoms with E-state index in [9.17, 15) is 4.79 Å². The molecule has 1 aliphatic carbocycles. The molecule has 1 rings (SSSR count). The maximum Gasteiger partial charge on any atom is 0.302 e. The average Bonchev–Trinajstić information content (AvgIpc) is 1.92. The topological polar surface area (TPSA) is 26.3 Å². The molecule has 1 aliphatic rings. The Morgan fingerprint density at radius 2 is 1.87 bits per heavy atom. The molecule has 1 saturated carbocycles. The molecule has 90 valence electrons. The predicted molar refractivity (Wildman–Crippen MR) is 55.8 cm³/mol. The van der Waals surface area contributed by atoms with E-state index in [0.717, 1.165) is 11.0 Å². The van der Waals surface area contributed by atoms with Crippen LogP contribution >= 0.6 is 0 Å². The van der Waals surface area contributed by atoms with Gasteiger partial charge in [0, 0.05) is 6.92 Å². The fourth-order valence-electron chi connectivity index (χ4n) is 2.29. The van der Waals surface area contributed by atoms with Crippen LogP contribution in [0.15, 0.2) is 0 Å². The van der Waals surface area contributed by atoms with E-state index in [4.69, 9.17) is 4.74 Å². The molecule has 4 heteroatoms. The van der Waals surface area contributed by atoms with Crippen LogP contribution in [0.25, 0.3) is 0 Å². The van der Waals surface area contributed by atoms with Gasteiger partial charge in [-0.15, -0.1) is 0 Å². The summed E-state index contributed by atoms with van der Waals surface area (Å²) in [6.45, 7) is 3.19. The third-order valence-corrected chi connectivity index (χ3v) is 2.81. The number of ether oxygens (including phenoxy) is 1. The van der Waals surface area contributed by atoms with Crippen LogP contribution < -0.4 is 24.0 Å². The molecule has 0 N–H and O–H groups in total. The fraction of sp³-hybridized carbons (Fsp3) is 0.909. The van der Waals surface area contributed by atoms with Crippen LogP contribution in [0.1, 0.15) is 26.2 Å². The highest BCUT2D eigenvalue weighted by Crippen LogP contribution is 2.42. The number of quaternary nitrogens is 1. The summed E-state index contributed by atoms with van der Waals surface area (Å²) in [4.78, 5) is 10.8. The highest BCUT2D eigenvalue weighted by molar-refractivity contribution is 5.65. The van der Waals surface area contributed by atoms with Crippen molar-refractivity contribution in [3.8, 4) is 0 Å². The molecular weight excluding hydrogens is 305 g/mol. The van der Waals surface area contributed by atoms with Crippen LogP contribution in [-0.4, -0.2) is 44.7 Å². The van der Waals surface area contributed by atoms with Crippen molar-refractivity contribution < 1.29 is 38.0 Å². The van der Waals surface area contributed by atoms with Gasteiger partial charge in [0.25, 0.3) is 0 Å². The molecule has 1 fully saturated rings. The minimum atomic E-state index is -0.155. The zero-order valence-corrected chi connectivity index (χ0v) is 12.3. The summed E-state index contributed by atoms with van der Waals surface area (Å²) in [7, 11) is 6.56. The monoisotopic (exact) mass is 327 g/mol. The van der Waals surface area contributed by atoms with Crippen LogP contribution in [0.3, 0.4) is 0 Å². The third kappa shape index (κ3) is 5.15. The largest absolute Gasteiger partial charge is 1.00 e. The van der Waals surface area contributed by atoms with Crippen molar-refractivity contribution in [2.75, 3.05) is 34.3 Å². The lowest BCUT2D eigenvalue weighted by Gasteiger charge is -2.44. The van der Waals surface area contributed by atoms with Crippen molar-refractivity contribution in [1.82, 2.24) is 0 Å². The first-order chi connectivity index (χ1) is 6.33. The molecule has 0 bridgehead atoms. The number of hydrogen-bond acceptors (Lipinski definition) is 2. The van der Waals surface area contributed by atoms with Crippen molar-refractivity contribution >= 4 is 5.97 Å². The van der Waals surface area contributed by atoms with Gasteiger partial charge in [-0.05, 0) is 12.8 Å². The average molecular weight is 327 g/mol. The standard InChI is InChI=1S/C11H22NO2.HI/c1-10(13)14-9-11(6-5-7-11)8-12(2,3)4;/h5-9H2,1-4H3;1H/q+1;/p-1. The molecule has 3 nitrogen and oxygen atoms in total. The SMILES string of the molecule is CC(=O)OCC1(C[N+](C)(C)C)CCC1.[I-]. The quantitative estimate of drug-likeness (QED) is 0.354. The second-order valence-corrected chi connectivity index (χ2v) is 5.58. The van der Waals surface area contributed by atoms with Crippen molar-refractivity contribution in [2.45, 2.75) is 26.2 Å². The van der Waals surface area contributed by atoms with Gasteiger partial charge >= 0.3 is 5.97 Å². The molecule has 0 spiro atoms. The number of carbonyl (C=O) groups excluding carboxylic acids is 1. The molecular formula is C11H22INO2. The zero-order valence-electron chi connectivity index (χ0n) is 10.2. The van der Waals surface area contributed by atoms with Crippen LogP contribution in [-0.2, 0) is 9.53 Å². The molecule has 0 unspecified atom stereocenters. The van der Waals surface area contributed by atoms with E-state index in [1.807, 2.05) is 0 Å². The van der Waals surface area contributed by atoms with Gasteiger partial charge in [0.2, 0.25) is 0 Å². The van der Waals surface area contributed by atoms with Crippen molar-refractivity contribution in [1.29, 1.82) is 0 Å². The second-order valence-electron chi connectivity index (χ2n) is 5.58. The van der Waals surface area contributed by atoms with Gasteiger partial charge in [0.15, 0.2) is 0 Å². The number of rotatable bonds is 4. The number of halogens is 1. The predicted octanol–water partition coefficient (Wildman–Crippen LogP) is -1.57. The normalized spacial score (nSPS) is 18.7. The Labute approximate surface area is 110 Å². The highest BCUT2D eigenvalue weighted by Gasteiger charge is 2.42. The lowest BCUT2D eigenvalue weighted by molar-refractivity contribution is -0.878. The summed E-state index contributed by atoms with van der Waals surface area (Å²) in [6.07, 6.45) is 3.69. The smallest absolute Gasteiger partial charge is 0.302 e. The second kappa shape index (κ2) is 5.48. The summed E-state index contributed by atoms with van der Waals surface area (Å²) in [5, 5.41) is 0. The van der Waals surface area contributed by atoms with E-state index in [2.05, 4.69) is 21.1 Å². The Balaban J connectivity index is 0.00000196. The summed E-state index contributed by atoms with van der Waals surface area (Å²) in [6, 6.07) is 0. The maximum atomic E-state index is 10.8. The van der Waals surface area contributed by atoms with Crippen LogP contribution in [0.5, 0.6) is 0 Å². The zero-order chi connectivity index (χ0) is 10.8. The van der Waals surface area contributed by atoms with E-state index in [-0.39, 0.29) is 35.4 Å². The Bertz CT molecular complexity index is 219. The van der Waals surface area contributed by atoms with E-state index in [0.29, 0.717) is 6.61 Å². The Kier molecular flexibility index (Phi) is 5.54. The molecule has 0 amide bonds. The lowest BCUT2D eigenvalue weighted by Crippen LogP contribution is -3.00. The summed E-state index contributed by atoms with van der Waals surface area (Å²) in [5.41, 5.74) is 0.268. The van der Waals surface area contributed by atoms with Gasteiger partial charge in [-0.2, -0.15) is 0 Å². The van der Waals surface area contributed by atoms with Crippen LogP contribution in [0, 0.1) is 5.41 Å². The van der Waals surface area contributed by atoms with E-state index in [1.54, 1.807) is 0 Å². The van der Waals surface area contributed by atoms with Crippen molar-refractivity contribution in [2.24, 2.45) is 5.41 Å². The van der Waals surface area contributed by atoms with Crippen LogP contribution in [0.2, 0.25) is 0 Å².